The average Bonchev–Trinajstić information content (AvgIpc) is 2.13. The van der Waals surface area contributed by atoms with E-state index in [0.717, 1.165) is 12.0 Å². The van der Waals surface area contributed by atoms with Crippen molar-refractivity contribution in [3.8, 4) is 0 Å². The monoisotopic (exact) mass is 176 g/mol. The third-order valence-corrected chi connectivity index (χ3v) is 2.22. The highest BCUT2D eigenvalue weighted by Crippen LogP contribution is 2.19. The number of nitrogen functional groups attached to an aromatic ring is 1. The Kier molecular flexibility index (Phi) is 3.07. The van der Waals surface area contributed by atoms with Gasteiger partial charge in [-0.25, -0.2) is 4.98 Å². The zero-order valence-electron chi connectivity index (χ0n) is 8.46. The van der Waals surface area contributed by atoms with Gasteiger partial charge in [0.15, 0.2) is 0 Å². The summed E-state index contributed by atoms with van der Waals surface area (Å²) in [6, 6.07) is 2.08. The van der Waals surface area contributed by atoms with Crippen molar-refractivity contribution in [1.82, 2.24) is 4.98 Å². The van der Waals surface area contributed by atoms with Crippen LogP contribution in [0.5, 0.6) is 0 Å². The summed E-state index contributed by atoms with van der Waals surface area (Å²) in [5.41, 5.74) is 9.18. The molecule has 1 aromatic rings. The predicted octanol–water partition coefficient (Wildman–Crippen LogP) is 2.79. The van der Waals surface area contributed by atoms with Gasteiger partial charge < -0.3 is 5.73 Å². The number of hydrogen-bond acceptors (Lipinski definition) is 2. The van der Waals surface area contributed by atoms with Crippen LogP contribution in [0.1, 0.15) is 31.4 Å². The fraction of sp³-hybridized carbons (Fsp3) is 0.364. The molecule has 2 N–H and O–H groups in total. The second kappa shape index (κ2) is 4.08. The summed E-state index contributed by atoms with van der Waals surface area (Å²) < 4.78 is 0. The van der Waals surface area contributed by atoms with Gasteiger partial charge in [0, 0.05) is 6.20 Å². The third kappa shape index (κ3) is 2.08. The Balaban J connectivity index is 3.10. The topological polar surface area (TPSA) is 38.9 Å². The summed E-state index contributed by atoms with van der Waals surface area (Å²) in [7, 11) is 0. The van der Waals surface area contributed by atoms with Crippen LogP contribution < -0.4 is 5.73 Å². The van der Waals surface area contributed by atoms with Gasteiger partial charge in [-0.2, -0.15) is 0 Å². The Bertz CT molecular complexity index is 327. The fourth-order valence-electron chi connectivity index (χ4n) is 1.34. The lowest BCUT2D eigenvalue weighted by Gasteiger charge is -2.06. The minimum absolute atomic E-state index is 0.621. The van der Waals surface area contributed by atoms with Crippen LogP contribution in [0.4, 0.5) is 5.82 Å². The molecule has 0 amide bonds. The molecule has 0 unspecified atom stereocenters. The maximum atomic E-state index is 5.64. The molecule has 0 aliphatic carbocycles. The first-order valence-corrected chi connectivity index (χ1v) is 4.56. The highest BCUT2D eigenvalue weighted by molar-refractivity contribution is 5.66. The summed E-state index contributed by atoms with van der Waals surface area (Å²) in [6.45, 7) is 6.17. The van der Waals surface area contributed by atoms with Crippen molar-refractivity contribution >= 4 is 11.4 Å². The lowest BCUT2D eigenvalue weighted by molar-refractivity contribution is 1.20. The molecular weight excluding hydrogens is 160 g/mol. The molecule has 0 aromatic carbocycles. The predicted molar refractivity (Wildman–Crippen MR) is 57.3 cm³/mol. The zero-order chi connectivity index (χ0) is 9.84. The van der Waals surface area contributed by atoms with Gasteiger partial charge in [0.25, 0.3) is 0 Å². The van der Waals surface area contributed by atoms with Crippen molar-refractivity contribution in [2.24, 2.45) is 0 Å². The van der Waals surface area contributed by atoms with Gasteiger partial charge in [-0.05, 0) is 43.0 Å². The molecule has 2 heteroatoms. The Morgan fingerprint density at radius 1 is 1.62 bits per heavy atom. The number of aromatic nitrogens is 1. The van der Waals surface area contributed by atoms with Gasteiger partial charge in [0.2, 0.25) is 0 Å². The Hall–Kier alpha value is -1.31. The van der Waals surface area contributed by atoms with E-state index in [4.69, 9.17) is 5.73 Å². The van der Waals surface area contributed by atoms with Gasteiger partial charge in [-0.3, -0.25) is 0 Å². The molecule has 0 fully saturated rings. The van der Waals surface area contributed by atoms with Crippen molar-refractivity contribution in [3.05, 3.63) is 29.5 Å². The van der Waals surface area contributed by atoms with Gasteiger partial charge in [-0.1, -0.05) is 13.0 Å². The first-order valence-electron chi connectivity index (χ1n) is 4.56. The van der Waals surface area contributed by atoms with Gasteiger partial charge >= 0.3 is 0 Å². The van der Waals surface area contributed by atoms with Crippen LogP contribution >= 0.6 is 0 Å². The van der Waals surface area contributed by atoms with Crippen LogP contribution in [0.25, 0.3) is 5.57 Å². The maximum absolute atomic E-state index is 5.64. The molecule has 0 saturated carbocycles. The lowest BCUT2D eigenvalue weighted by atomic mass is 10.0. The number of allylic oxidation sites excluding steroid dienone is 2. The van der Waals surface area contributed by atoms with E-state index in [-0.39, 0.29) is 0 Å². The van der Waals surface area contributed by atoms with Crippen molar-refractivity contribution in [2.45, 2.75) is 27.2 Å². The SMILES string of the molecule is CC=C(CC)c1cnc(N)c(C)c1. The number of hydrogen-bond donors (Lipinski definition) is 1. The molecule has 1 aromatic heterocycles. The second-order valence-corrected chi connectivity index (χ2v) is 3.09. The molecule has 0 aliphatic heterocycles. The second-order valence-electron chi connectivity index (χ2n) is 3.09. The average molecular weight is 176 g/mol. The lowest BCUT2D eigenvalue weighted by Crippen LogP contribution is -1.95. The number of aryl methyl sites for hydroxylation is 1. The molecule has 1 heterocycles. The molecule has 0 atom stereocenters. The highest BCUT2D eigenvalue weighted by atomic mass is 14.8. The van der Waals surface area contributed by atoms with E-state index in [1.807, 2.05) is 20.0 Å². The fourth-order valence-corrected chi connectivity index (χ4v) is 1.34. The van der Waals surface area contributed by atoms with Gasteiger partial charge in [0.1, 0.15) is 5.82 Å². The summed E-state index contributed by atoms with van der Waals surface area (Å²) in [6.07, 6.45) is 4.98. The first-order chi connectivity index (χ1) is 6.19. The molecule has 2 nitrogen and oxygen atoms in total. The Labute approximate surface area is 79.5 Å². The normalized spacial score (nSPS) is 11.8. The molecule has 0 aliphatic rings. The minimum Gasteiger partial charge on any atom is -0.383 e. The van der Waals surface area contributed by atoms with Gasteiger partial charge in [0.05, 0.1) is 0 Å². The van der Waals surface area contributed by atoms with Crippen LogP contribution in [-0.2, 0) is 0 Å². The number of rotatable bonds is 2. The molecule has 0 saturated heterocycles. The first kappa shape index (κ1) is 9.78. The zero-order valence-corrected chi connectivity index (χ0v) is 8.46. The van der Waals surface area contributed by atoms with Crippen LogP contribution in [0.3, 0.4) is 0 Å². The molecule has 0 radical (unpaired) electrons. The molecular formula is C11H16N2. The molecule has 13 heavy (non-hydrogen) atoms. The number of nitrogens with zero attached hydrogens (tertiary/aromatic N) is 1. The van der Waals surface area contributed by atoms with E-state index in [1.165, 1.54) is 11.1 Å². The standard InChI is InChI=1S/C11H16N2/c1-4-9(5-2)10-6-8(3)11(12)13-7-10/h4,6-7H,5H2,1-3H3,(H2,12,13). The number of nitrogens with two attached hydrogens (primary N) is 1. The quantitative estimate of drug-likeness (QED) is 0.752. The summed E-state index contributed by atoms with van der Waals surface area (Å²) in [5, 5.41) is 0. The van der Waals surface area contributed by atoms with Crippen molar-refractivity contribution in [1.29, 1.82) is 0 Å². The number of anilines is 1. The molecule has 0 spiro atoms. The van der Waals surface area contributed by atoms with E-state index in [1.54, 1.807) is 0 Å². The van der Waals surface area contributed by atoms with Gasteiger partial charge in [-0.15, -0.1) is 0 Å². The third-order valence-electron chi connectivity index (χ3n) is 2.22. The maximum Gasteiger partial charge on any atom is 0.126 e. The summed E-state index contributed by atoms with van der Waals surface area (Å²) in [5.74, 6) is 0.621. The van der Waals surface area contributed by atoms with E-state index < -0.39 is 0 Å². The van der Waals surface area contributed by atoms with Crippen LogP contribution in [0, 0.1) is 6.92 Å². The smallest absolute Gasteiger partial charge is 0.126 e. The van der Waals surface area contributed by atoms with Crippen molar-refractivity contribution in [3.63, 3.8) is 0 Å². The summed E-state index contributed by atoms with van der Waals surface area (Å²) in [4.78, 5) is 4.13. The molecule has 1 rings (SSSR count). The Morgan fingerprint density at radius 2 is 2.31 bits per heavy atom. The van der Waals surface area contributed by atoms with E-state index in [9.17, 15) is 0 Å². The summed E-state index contributed by atoms with van der Waals surface area (Å²) >= 11 is 0. The molecule has 70 valence electrons. The van der Waals surface area contributed by atoms with Crippen molar-refractivity contribution in [2.75, 3.05) is 5.73 Å². The minimum atomic E-state index is 0.621. The van der Waals surface area contributed by atoms with Crippen LogP contribution in [0.15, 0.2) is 18.3 Å². The van der Waals surface area contributed by atoms with E-state index in [2.05, 4.69) is 24.1 Å². The Morgan fingerprint density at radius 3 is 2.77 bits per heavy atom. The van der Waals surface area contributed by atoms with E-state index in [0.29, 0.717) is 5.82 Å². The van der Waals surface area contributed by atoms with Crippen molar-refractivity contribution < 1.29 is 0 Å². The van der Waals surface area contributed by atoms with Crippen LogP contribution in [-0.4, -0.2) is 4.98 Å². The number of pyridine rings is 1. The van der Waals surface area contributed by atoms with E-state index >= 15 is 0 Å². The largest absolute Gasteiger partial charge is 0.383 e. The van der Waals surface area contributed by atoms with Crippen LogP contribution in [0.2, 0.25) is 0 Å². The molecule has 0 bridgehead atoms. The highest BCUT2D eigenvalue weighted by Gasteiger charge is 2.00.